The van der Waals surface area contributed by atoms with Gasteiger partial charge in [0.25, 0.3) is 5.91 Å². The molecule has 0 radical (unpaired) electrons. The van der Waals surface area contributed by atoms with E-state index in [1.807, 2.05) is 6.92 Å². The molecule has 0 aliphatic heterocycles. The van der Waals surface area contributed by atoms with Gasteiger partial charge in [-0.3, -0.25) is 4.79 Å². The first kappa shape index (κ1) is 14.7. The highest BCUT2D eigenvalue weighted by molar-refractivity contribution is 5.91. The summed E-state index contributed by atoms with van der Waals surface area (Å²) in [5.41, 5.74) is 0.833. The minimum atomic E-state index is -0.277. The maximum atomic E-state index is 11.8. The van der Waals surface area contributed by atoms with Gasteiger partial charge in [0.05, 0.1) is 5.69 Å². The van der Waals surface area contributed by atoms with Crippen LogP contribution >= 0.6 is 0 Å². The van der Waals surface area contributed by atoms with Gasteiger partial charge in [-0.15, -0.1) is 0 Å². The Balaban J connectivity index is 2.64. The van der Waals surface area contributed by atoms with Gasteiger partial charge < -0.3 is 14.9 Å². The zero-order valence-corrected chi connectivity index (χ0v) is 11.3. The molecule has 1 heterocycles. The number of carbonyl (C=O) groups excluding carboxylic acids is 1. The summed E-state index contributed by atoms with van der Waals surface area (Å²) in [6.07, 6.45) is 2.48. The maximum absolute atomic E-state index is 11.8. The van der Waals surface area contributed by atoms with Gasteiger partial charge in [-0.1, -0.05) is 19.0 Å². The first-order chi connectivity index (χ1) is 8.62. The van der Waals surface area contributed by atoms with Crippen molar-refractivity contribution in [3.05, 3.63) is 17.5 Å². The van der Waals surface area contributed by atoms with Crippen molar-refractivity contribution in [2.45, 2.75) is 52.0 Å². The molecule has 5 nitrogen and oxygen atoms in total. The van der Waals surface area contributed by atoms with Crippen LogP contribution in [0.3, 0.4) is 0 Å². The molecule has 1 rings (SSSR count). The summed E-state index contributed by atoms with van der Waals surface area (Å²) in [5.74, 6) is 0.299. The minimum Gasteiger partial charge on any atom is -0.396 e. The van der Waals surface area contributed by atoms with E-state index in [0.717, 1.165) is 18.5 Å². The van der Waals surface area contributed by atoms with Crippen LogP contribution in [0, 0.1) is 0 Å². The van der Waals surface area contributed by atoms with Gasteiger partial charge in [-0.05, 0) is 26.2 Å². The highest BCUT2D eigenvalue weighted by atomic mass is 16.5. The van der Waals surface area contributed by atoms with E-state index in [0.29, 0.717) is 12.3 Å². The summed E-state index contributed by atoms with van der Waals surface area (Å²) < 4.78 is 5.07. The Morgan fingerprint density at radius 3 is 2.72 bits per heavy atom. The molecular formula is C13H22N2O3. The molecule has 5 heteroatoms. The van der Waals surface area contributed by atoms with Crippen LogP contribution < -0.4 is 5.32 Å². The number of amides is 1. The molecule has 1 aromatic rings. The van der Waals surface area contributed by atoms with Gasteiger partial charge in [-0.2, -0.15) is 0 Å². The van der Waals surface area contributed by atoms with E-state index in [1.165, 1.54) is 0 Å². The molecule has 0 aromatic carbocycles. The van der Waals surface area contributed by atoms with Crippen molar-refractivity contribution in [2.75, 3.05) is 6.61 Å². The molecule has 102 valence electrons. The normalized spacial score (nSPS) is 12.7. The van der Waals surface area contributed by atoms with Crippen molar-refractivity contribution in [1.82, 2.24) is 10.5 Å². The van der Waals surface area contributed by atoms with Crippen molar-refractivity contribution in [3.63, 3.8) is 0 Å². The van der Waals surface area contributed by atoms with Crippen molar-refractivity contribution in [1.29, 1.82) is 0 Å². The molecule has 0 aliphatic carbocycles. The largest absolute Gasteiger partial charge is 0.396 e. The molecule has 1 atom stereocenters. The van der Waals surface area contributed by atoms with Crippen molar-refractivity contribution >= 4 is 5.91 Å². The quantitative estimate of drug-likeness (QED) is 0.781. The first-order valence-corrected chi connectivity index (χ1v) is 6.50. The zero-order chi connectivity index (χ0) is 13.5. The summed E-state index contributed by atoms with van der Waals surface area (Å²) in [7, 11) is 0. The number of aliphatic hydroxyl groups excluding tert-OH is 1. The van der Waals surface area contributed by atoms with E-state index < -0.39 is 0 Å². The van der Waals surface area contributed by atoms with E-state index in [1.54, 1.807) is 6.07 Å². The average molecular weight is 254 g/mol. The fraction of sp³-hybridized carbons (Fsp3) is 0.692. The molecular weight excluding hydrogens is 232 g/mol. The fourth-order valence-corrected chi connectivity index (χ4v) is 1.86. The zero-order valence-electron chi connectivity index (χ0n) is 11.3. The Morgan fingerprint density at radius 2 is 2.17 bits per heavy atom. The molecule has 1 amide bonds. The third-order valence-electron chi connectivity index (χ3n) is 3.10. The van der Waals surface area contributed by atoms with E-state index in [9.17, 15) is 4.79 Å². The molecule has 0 spiro atoms. The van der Waals surface area contributed by atoms with Crippen LogP contribution in [0.5, 0.6) is 0 Å². The predicted molar refractivity (Wildman–Crippen MR) is 68.5 cm³/mol. The highest BCUT2D eigenvalue weighted by Gasteiger charge is 2.18. The number of hydrogen-bond acceptors (Lipinski definition) is 4. The second-order valence-corrected chi connectivity index (χ2v) is 4.52. The summed E-state index contributed by atoms with van der Waals surface area (Å²) in [5, 5.41) is 15.5. The second-order valence-electron chi connectivity index (χ2n) is 4.52. The number of nitrogens with one attached hydrogen (secondary N) is 1. The third kappa shape index (κ3) is 3.84. The monoisotopic (exact) mass is 254 g/mol. The highest BCUT2D eigenvalue weighted by Crippen LogP contribution is 2.22. The van der Waals surface area contributed by atoms with Crippen LogP contribution in [0.4, 0.5) is 0 Å². The van der Waals surface area contributed by atoms with Crippen LogP contribution in [0.15, 0.2) is 10.6 Å². The van der Waals surface area contributed by atoms with Gasteiger partial charge in [0.1, 0.15) is 0 Å². The Labute approximate surface area is 108 Å². The van der Waals surface area contributed by atoms with Crippen molar-refractivity contribution in [3.8, 4) is 0 Å². The number of hydrogen-bond donors (Lipinski definition) is 2. The second kappa shape index (κ2) is 7.16. The molecule has 1 aromatic heterocycles. The van der Waals surface area contributed by atoms with Crippen LogP contribution in [-0.2, 0) is 0 Å². The lowest BCUT2D eigenvalue weighted by Crippen LogP contribution is -2.32. The lowest BCUT2D eigenvalue weighted by molar-refractivity contribution is 0.0897. The van der Waals surface area contributed by atoms with Crippen LogP contribution in [0.25, 0.3) is 0 Å². The number of rotatable bonds is 7. The summed E-state index contributed by atoms with van der Waals surface area (Å²) in [4.78, 5) is 11.8. The summed E-state index contributed by atoms with van der Waals surface area (Å²) in [6.45, 7) is 6.07. The fourth-order valence-electron chi connectivity index (χ4n) is 1.86. The van der Waals surface area contributed by atoms with Gasteiger partial charge >= 0.3 is 0 Å². The van der Waals surface area contributed by atoms with Crippen LogP contribution in [0.1, 0.15) is 62.2 Å². The molecule has 0 unspecified atom stereocenters. The Morgan fingerprint density at radius 1 is 1.50 bits per heavy atom. The summed E-state index contributed by atoms with van der Waals surface area (Å²) >= 11 is 0. The topological polar surface area (TPSA) is 75.4 Å². The smallest absolute Gasteiger partial charge is 0.290 e. The van der Waals surface area contributed by atoms with Crippen LogP contribution in [-0.4, -0.2) is 28.8 Å². The van der Waals surface area contributed by atoms with Gasteiger partial charge in [0, 0.05) is 24.6 Å². The van der Waals surface area contributed by atoms with Gasteiger partial charge in [-0.25, -0.2) is 0 Å². The van der Waals surface area contributed by atoms with E-state index in [-0.39, 0.29) is 24.3 Å². The first-order valence-electron chi connectivity index (χ1n) is 6.50. The SMILES string of the molecule is CCC(CC)c1cc(C(=O)N[C@H](C)CCO)on1. The average Bonchev–Trinajstić information content (AvgIpc) is 2.80. The Hall–Kier alpha value is -1.36. The van der Waals surface area contributed by atoms with Crippen molar-refractivity contribution in [2.24, 2.45) is 0 Å². The van der Waals surface area contributed by atoms with Gasteiger partial charge in [0.15, 0.2) is 0 Å². The molecule has 2 N–H and O–H groups in total. The van der Waals surface area contributed by atoms with E-state index in [4.69, 9.17) is 9.63 Å². The predicted octanol–water partition coefficient (Wildman–Crippen LogP) is 2.08. The number of aromatic nitrogens is 1. The summed E-state index contributed by atoms with van der Waals surface area (Å²) in [6, 6.07) is 1.63. The van der Waals surface area contributed by atoms with E-state index in [2.05, 4.69) is 24.3 Å². The van der Waals surface area contributed by atoms with E-state index >= 15 is 0 Å². The van der Waals surface area contributed by atoms with Crippen molar-refractivity contribution < 1.29 is 14.4 Å². The lowest BCUT2D eigenvalue weighted by Gasteiger charge is -2.10. The lowest BCUT2D eigenvalue weighted by atomic mass is 9.99. The Kier molecular flexibility index (Phi) is 5.85. The molecule has 0 aliphatic rings. The molecule has 0 bridgehead atoms. The maximum Gasteiger partial charge on any atom is 0.290 e. The third-order valence-corrected chi connectivity index (χ3v) is 3.10. The number of nitrogens with zero attached hydrogens (tertiary/aromatic N) is 1. The van der Waals surface area contributed by atoms with Crippen LogP contribution in [0.2, 0.25) is 0 Å². The number of carbonyl (C=O) groups is 1. The molecule has 18 heavy (non-hydrogen) atoms. The molecule has 0 fully saturated rings. The molecule has 0 saturated heterocycles. The Bertz CT molecular complexity index is 372. The standard InChI is InChI=1S/C13H22N2O3/c1-4-10(5-2)11-8-12(18-15-11)13(17)14-9(3)6-7-16/h8-10,16H,4-7H2,1-3H3,(H,14,17)/t9-/m1/s1. The number of aliphatic hydroxyl groups is 1. The minimum absolute atomic E-state index is 0.0524. The van der Waals surface area contributed by atoms with Gasteiger partial charge in [0.2, 0.25) is 5.76 Å². The molecule has 0 saturated carbocycles.